The summed E-state index contributed by atoms with van der Waals surface area (Å²) in [7, 11) is 0. The van der Waals surface area contributed by atoms with E-state index in [9.17, 15) is 9.59 Å². The van der Waals surface area contributed by atoms with Crippen LogP contribution in [-0.4, -0.2) is 41.0 Å². The smallest absolute Gasteiger partial charge is 0.303 e. The molecule has 1 aliphatic rings. The maximum Gasteiger partial charge on any atom is 0.303 e. The Morgan fingerprint density at radius 1 is 1.33 bits per heavy atom. The first-order chi connectivity index (χ1) is 10.1. The molecule has 1 aromatic carbocycles. The average Bonchev–Trinajstić information content (AvgIpc) is 2.47. The third-order valence-electron chi connectivity index (χ3n) is 3.91. The lowest BCUT2D eigenvalue weighted by atomic mass is 9.94. The normalized spacial score (nSPS) is 20.0. The van der Waals surface area contributed by atoms with E-state index in [0.29, 0.717) is 19.5 Å². The van der Waals surface area contributed by atoms with Gasteiger partial charge < -0.3 is 15.7 Å². The number of aliphatic carboxylic acids is 1. The molecule has 2 rings (SSSR count). The first-order valence-electron chi connectivity index (χ1n) is 7.36. The topological polar surface area (TPSA) is 83.6 Å². The molecule has 3 N–H and O–H groups in total. The molecule has 0 saturated carbocycles. The molecule has 1 amide bonds. The number of carboxylic acids is 1. The van der Waals surface area contributed by atoms with Crippen molar-refractivity contribution < 1.29 is 14.7 Å². The van der Waals surface area contributed by atoms with Crippen LogP contribution in [0.5, 0.6) is 0 Å². The number of amides is 1. The molecule has 1 heterocycles. The molecular weight excluding hydrogens is 268 g/mol. The van der Waals surface area contributed by atoms with Crippen LogP contribution in [0.2, 0.25) is 0 Å². The van der Waals surface area contributed by atoms with E-state index in [4.69, 9.17) is 10.8 Å². The molecule has 114 valence electrons. The maximum atomic E-state index is 12.4. The summed E-state index contributed by atoms with van der Waals surface area (Å²) < 4.78 is 0. The standard InChI is InChI=1S/C16H22N2O3/c17-14(9-12-5-2-1-3-6-12)16(21)18-8-4-7-13(11-18)10-15(19)20/h1-3,5-6,13-14H,4,7-11,17H2,(H,19,20)/t13?,14-/m1/s1. The van der Waals surface area contributed by atoms with Gasteiger partial charge in [-0.3, -0.25) is 9.59 Å². The molecule has 1 unspecified atom stereocenters. The second-order valence-corrected chi connectivity index (χ2v) is 5.69. The number of benzene rings is 1. The van der Waals surface area contributed by atoms with E-state index < -0.39 is 12.0 Å². The third-order valence-corrected chi connectivity index (χ3v) is 3.91. The van der Waals surface area contributed by atoms with Crippen molar-refractivity contribution in [1.29, 1.82) is 0 Å². The van der Waals surface area contributed by atoms with Gasteiger partial charge in [0, 0.05) is 19.5 Å². The van der Waals surface area contributed by atoms with Crippen molar-refractivity contribution in [3.05, 3.63) is 35.9 Å². The summed E-state index contributed by atoms with van der Waals surface area (Å²) >= 11 is 0. The minimum Gasteiger partial charge on any atom is -0.481 e. The number of carbonyl (C=O) groups is 2. The van der Waals surface area contributed by atoms with Crippen molar-refractivity contribution in [3.8, 4) is 0 Å². The van der Waals surface area contributed by atoms with Gasteiger partial charge in [-0.15, -0.1) is 0 Å². The van der Waals surface area contributed by atoms with Gasteiger partial charge in [-0.2, -0.15) is 0 Å². The Kier molecular flexibility index (Phi) is 5.33. The predicted molar refractivity (Wildman–Crippen MR) is 79.7 cm³/mol. The fourth-order valence-electron chi connectivity index (χ4n) is 2.87. The number of carboxylic acid groups (broad SMARTS) is 1. The third kappa shape index (κ3) is 4.56. The van der Waals surface area contributed by atoms with Crippen LogP contribution in [0.4, 0.5) is 0 Å². The predicted octanol–water partition coefficient (Wildman–Crippen LogP) is 1.27. The van der Waals surface area contributed by atoms with Crippen LogP contribution >= 0.6 is 0 Å². The fourth-order valence-corrected chi connectivity index (χ4v) is 2.87. The van der Waals surface area contributed by atoms with Crippen LogP contribution < -0.4 is 5.73 Å². The Balaban J connectivity index is 1.91. The first kappa shape index (κ1) is 15.5. The van der Waals surface area contributed by atoms with Gasteiger partial charge in [0.1, 0.15) is 0 Å². The van der Waals surface area contributed by atoms with Gasteiger partial charge in [0.15, 0.2) is 0 Å². The Labute approximate surface area is 124 Å². The van der Waals surface area contributed by atoms with E-state index >= 15 is 0 Å². The number of nitrogens with two attached hydrogens (primary N) is 1. The highest BCUT2D eigenvalue weighted by atomic mass is 16.4. The highest BCUT2D eigenvalue weighted by Crippen LogP contribution is 2.20. The molecule has 1 aromatic rings. The van der Waals surface area contributed by atoms with Crippen molar-refractivity contribution in [2.45, 2.75) is 31.7 Å². The van der Waals surface area contributed by atoms with Crippen molar-refractivity contribution in [2.75, 3.05) is 13.1 Å². The average molecular weight is 290 g/mol. The van der Waals surface area contributed by atoms with Gasteiger partial charge in [-0.25, -0.2) is 0 Å². The Hall–Kier alpha value is -1.88. The van der Waals surface area contributed by atoms with E-state index in [1.807, 2.05) is 30.3 Å². The second-order valence-electron chi connectivity index (χ2n) is 5.69. The Morgan fingerprint density at radius 3 is 2.71 bits per heavy atom. The van der Waals surface area contributed by atoms with E-state index in [1.165, 1.54) is 0 Å². The van der Waals surface area contributed by atoms with Crippen LogP contribution in [-0.2, 0) is 16.0 Å². The van der Waals surface area contributed by atoms with Gasteiger partial charge in [0.25, 0.3) is 0 Å². The number of rotatable bonds is 5. The zero-order chi connectivity index (χ0) is 15.2. The van der Waals surface area contributed by atoms with Crippen LogP contribution in [0.25, 0.3) is 0 Å². The number of nitrogens with zero attached hydrogens (tertiary/aromatic N) is 1. The summed E-state index contributed by atoms with van der Waals surface area (Å²) in [5.74, 6) is -0.832. The highest BCUT2D eigenvalue weighted by molar-refractivity contribution is 5.82. The molecule has 0 radical (unpaired) electrons. The largest absolute Gasteiger partial charge is 0.481 e. The van der Waals surface area contributed by atoms with Gasteiger partial charge >= 0.3 is 5.97 Å². The molecule has 0 spiro atoms. The maximum absolute atomic E-state index is 12.4. The minimum absolute atomic E-state index is 0.0455. The summed E-state index contributed by atoms with van der Waals surface area (Å²) in [6.45, 7) is 1.19. The van der Waals surface area contributed by atoms with Crippen molar-refractivity contribution >= 4 is 11.9 Å². The molecule has 1 saturated heterocycles. The monoisotopic (exact) mass is 290 g/mol. The fraction of sp³-hybridized carbons (Fsp3) is 0.500. The number of carbonyl (C=O) groups excluding carboxylic acids is 1. The van der Waals surface area contributed by atoms with E-state index in [2.05, 4.69) is 0 Å². The lowest BCUT2D eigenvalue weighted by Crippen LogP contribution is -2.49. The van der Waals surface area contributed by atoms with Gasteiger partial charge in [0.2, 0.25) is 5.91 Å². The number of hydrogen-bond acceptors (Lipinski definition) is 3. The molecule has 5 heteroatoms. The lowest BCUT2D eigenvalue weighted by Gasteiger charge is -2.33. The molecule has 21 heavy (non-hydrogen) atoms. The zero-order valence-corrected chi connectivity index (χ0v) is 12.1. The summed E-state index contributed by atoms with van der Waals surface area (Å²) in [6, 6.07) is 9.13. The quantitative estimate of drug-likeness (QED) is 0.855. The van der Waals surface area contributed by atoms with Gasteiger partial charge in [-0.05, 0) is 30.7 Å². The molecule has 0 aliphatic carbocycles. The minimum atomic E-state index is -0.803. The van der Waals surface area contributed by atoms with Crippen molar-refractivity contribution in [1.82, 2.24) is 4.90 Å². The van der Waals surface area contributed by atoms with Crippen molar-refractivity contribution in [3.63, 3.8) is 0 Å². The molecule has 1 fully saturated rings. The Morgan fingerprint density at radius 2 is 2.05 bits per heavy atom. The molecule has 5 nitrogen and oxygen atoms in total. The van der Waals surface area contributed by atoms with Crippen LogP contribution in [0, 0.1) is 5.92 Å². The molecule has 1 aliphatic heterocycles. The van der Waals surface area contributed by atoms with Crippen molar-refractivity contribution in [2.24, 2.45) is 11.7 Å². The second kappa shape index (κ2) is 7.22. The molecule has 2 atom stereocenters. The summed E-state index contributed by atoms with van der Waals surface area (Å²) in [4.78, 5) is 24.9. The highest BCUT2D eigenvalue weighted by Gasteiger charge is 2.28. The SMILES string of the molecule is N[C@H](Cc1ccccc1)C(=O)N1CCCC(CC(=O)O)C1. The van der Waals surface area contributed by atoms with Crippen LogP contribution in [0.15, 0.2) is 30.3 Å². The summed E-state index contributed by atoms with van der Waals surface area (Å²) in [5, 5.41) is 8.87. The zero-order valence-electron chi connectivity index (χ0n) is 12.1. The van der Waals surface area contributed by atoms with Crippen LogP contribution in [0.3, 0.4) is 0 Å². The number of piperidine rings is 1. The molecule has 0 aromatic heterocycles. The van der Waals surface area contributed by atoms with E-state index in [-0.39, 0.29) is 18.2 Å². The lowest BCUT2D eigenvalue weighted by molar-refractivity contribution is -0.141. The molecule has 0 bridgehead atoms. The van der Waals surface area contributed by atoms with Gasteiger partial charge in [0.05, 0.1) is 6.04 Å². The van der Waals surface area contributed by atoms with E-state index in [0.717, 1.165) is 18.4 Å². The number of likely N-dealkylation sites (tertiary alicyclic amines) is 1. The van der Waals surface area contributed by atoms with Gasteiger partial charge in [-0.1, -0.05) is 30.3 Å². The number of hydrogen-bond donors (Lipinski definition) is 2. The summed E-state index contributed by atoms with van der Waals surface area (Å²) in [5.41, 5.74) is 7.06. The molecular formula is C16H22N2O3. The van der Waals surface area contributed by atoms with Crippen LogP contribution in [0.1, 0.15) is 24.8 Å². The first-order valence-corrected chi connectivity index (χ1v) is 7.36. The summed E-state index contributed by atoms with van der Waals surface area (Å²) in [6.07, 6.45) is 2.35. The van der Waals surface area contributed by atoms with E-state index in [1.54, 1.807) is 4.90 Å². The Bertz CT molecular complexity index is 490.